The van der Waals surface area contributed by atoms with Crippen molar-refractivity contribution in [2.24, 2.45) is 5.92 Å². The minimum Gasteiger partial charge on any atom is -0.488 e. The summed E-state index contributed by atoms with van der Waals surface area (Å²) in [6, 6.07) is 1.38. The molecule has 0 bridgehead atoms. The molecular formula is C19H21N3O4S. The second-order valence-corrected chi connectivity index (χ2v) is 8.38. The third kappa shape index (κ3) is 3.25. The van der Waals surface area contributed by atoms with E-state index in [0.29, 0.717) is 28.4 Å². The normalized spacial score (nSPS) is 13.4. The van der Waals surface area contributed by atoms with Crippen LogP contribution in [0, 0.1) is 5.92 Å². The SMILES string of the molecule is CC(C)COc1c[nH]c(Cn2c(=O)[nH]c3sc4c(c3c2=O)CCC4)cc1=O. The molecule has 0 amide bonds. The minimum absolute atomic E-state index is 0.00836. The van der Waals surface area contributed by atoms with Gasteiger partial charge in [0, 0.05) is 22.8 Å². The topological polar surface area (TPSA) is 96.9 Å². The Morgan fingerprint density at radius 2 is 2.07 bits per heavy atom. The Bertz CT molecular complexity index is 1180. The molecule has 0 fully saturated rings. The van der Waals surface area contributed by atoms with E-state index in [9.17, 15) is 14.4 Å². The number of aromatic nitrogens is 3. The smallest absolute Gasteiger partial charge is 0.329 e. The van der Waals surface area contributed by atoms with E-state index in [4.69, 9.17) is 4.74 Å². The summed E-state index contributed by atoms with van der Waals surface area (Å²) >= 11 is 1.50. The highest BCUT2D eigenvalue weighted by Gasteiger charge is 2.22. The number of aryl methyl sites for hydroxylation is 2. The first-order chi connectivity index (χ1) is 12.9. The number of ether oxygens (including phenoxy) is 1. The van der Waals surface area contributed by atoms with Crippen molar-refractivity contribution in [1.29, 1.82) is 0 Å². The van der Waals surface area contributed by atoms with Crippen LogP contribution in [0.4, 0.5) is 0 Å². The van der Waals surface area contributed by atoms with E-state index in [1.165, 1.54) is 28.5 Å². The number of nitrogens with zero attached hydrogens (tertiary/aromatic N) is 1. The zero-order chi connectivity index (χ0) is 19.1. The Kier molecular flexibility index (Phi) is 4.51. The fraction of sp³-hybridized carbons (Fsp3) is 0.421. The van der Waals surface area contributed by atoms with Gasteiger partial charge in [0.1, 0.15) is 4.83 Å². The van der Waals surface area contributed by atoms with E-state index in [2.05, 4.69) is 9.97 Å². The Labute approximate surface area is 158 Å². The van der Waals surface area contributed by atoms with E-state index < -0.39 is 5.69 Å². The third-order valence-corrected chi connectivity index (χ3v) is 5.89. The van der Waals surface area contributed by atoms with Gasteiger partial charge in [-0.1, -0.05) is 13.8 Å². The van der Waals surface area contributed by atoms with Crippen molar-refractivity contribution in [2.45, 2.75) is 39.7 Å². The highest BCUT2D eigenvalue weighted by Crippen LogP contribution is 2.33. The highest BCUT2D eigenvalue weighted by molar-refractivity contribution is 7.18. The summed E-state index contributed by atoms with van der Waals surface area (Å²) in [7, 11) is 0. The van der Waals surface area contributed by atoms with Gasteiger partial charge in [0.15, 0.2) is 5.75 Å². The largest absolute Gasteiger partial charge is 0.488 e. The van der Waals surface area contributed by atoms with Gasteiger partial charge in [-0.25, -0.2) is 4.79 Å². The molecule has 1 aliphatic carbocycles. The Hall–Kier alpha value is -2.61. The van der Waals surface area contributed by atoms with Crippen LogP contribution in [-0.2, 0) is 19.4 Å². The predicted molar refractivity (Wildman–Crippen MR) is 105 cm³/mol. The molecule has 0 radical (unpaired) electrons. The van der Waals surface area contributed by atoms with Gasteiger partial charge in [-0.3, -0.25) is 19.1 Å². The second-order valence-electron chi connectivity index (χ2n) is 7.27. The lowest BCUT2D eigenvalue weighted by Gasteiger charge is -2.09. The van der Waals surface area contributed by atoms with Gasteiger partial charge in [-0.2, -0.15) is 0 Å². The number of thiophene rings is 1. The lowest BCUT2D eigenvalue weighted by atomic mass is 10.2. The van der Waals surface area contributed by atoms with Crippen molar-refractivity contribution in [1.82, 2.24) is 14.5 Å². The van der Waals surface area contributed by atoms with Gasteiger partial charge in [0.25, 0.3) is 5.56 Å². The summed E-state index contributed by atoms with van der Waals surface area (Å²) in [5.41, 5.74) is 0.514. The number of pyridine rings is 1. The Balaban J connectivity index is 1.70. The van der Waals surface area contributed by atoms with Gasteiger partial charge in [-0.05, 0) is 30.7 Å². The average Bonchev–Trinajstić information content (AvgIpc) is 3.18. The van der Waals surface area contributed by atoms with E-state index in [0.717, 1.165) is 29.4 Å². The van der Waals surface area contributed by atoms with Crippen LogP contribution in [0.5, 0.6) is 5.75 Å². The molecule has 2 N–H and O–H groups in total. The molecular weight excluding hydrogens is 366 g/mol. The van der Waals surface area contributed by atoms with Crippen LogP contribution >= 0.6 is 11.3 Å². The Morgan fingerprint density at radius 3 is 2.81 bits per heavy atom. The number of nitrogens with one attached hydrogen (secondary N) is 2. The van der Waals surface area contributed by atoms with Crippen LogP contribution in [0.2, 0.25) is 0 Å². The molecule has 1 aliphatic rings. The molecule has 0 aromatic carbocycles. The lowest BCUT2D eigenvalue weighted by Crippen LogP contribution is -2.35. The van der Waals surface area contributed by atoms with Crippen molar-refractivity contribution < 1.29 is 4.74 Å². The molecule has 0 atom stereocenters. The van der Waals surface area contributed by atoms with Gasteiger partial charge < -0.3 is 9.72 Å². The molecule has 27 heavy (non-hydrogen) atoms. The first kappa shape index (κ1) is 17.8. The Morgan fingerprint density at radius 1 is 1.26 bits per heavy atom. The first-order valence-electron chi connectivity index (χ1n) is 9.06. The maximum atomic E-state index is 12.9. The molecule has 0 saturated heterocycles. The summed E-state index contributed by atoms with van der Waals surface area (Å²) < 4.78 is 6.62. The fourth-order valence-electron chi connectivity index (χ4n) is 3.39. The molecule has 142 valence electrons. The second kappa shape index (κ2) is 6.84. The molecule has 3 aromatic heterocycles. The monoisotopic (exact) mass is 387 g/mol. The average molecular weight is 387 g/mol. The zero-order valence-electron chi connectivity index (χ0n) is 15.3. The highest BCUT2D eigenvalue weighted by atomic mass is 32.1. The van der Waals surface area contributed by atoms with E-state index in [1.54, 1.807) is 0 Å². The molecule has 7 nitrogen and oxygen atoms in total. The summed E-state index contributed by atoms with van der Waals surface area (Å²) in [5.74, 6) is 0.542. The number of hydrogen-bond donors (Lipinski definition) is 2. The van der Waals surface area contributed by atoms with Gasteiger partial charge in [-0.15, -0.1) is 11.3 Å². The maximum absolute atomic E-state index is 12.9. The van der Waals surface area contributed by atoms with Crippen LogP contribution in [0.15, 0.2) is 26.6 Å². The summed E-state index contributed by atoms with van der Waals surface area (Å²) in [4.78, 5) is 45.2. The maximum Gasteiger partial charge on any atom is 0.329 e. The number of hydrogen-bond acceptors (Lipinski definition) is 5. The minimum atomic E-state index is -0.464. The van der Waals surface area contributed by atoms with Crippen molar-refractivity contribution in [2.75, 3.05) is 6.61 Å². The standard InChI is InChI=1S/C19H21N3O4S/c1-10(2)9-26-14-7-20-11(6-13(14)23)8-22-18(24)16-12-4-3-5-15(12)27-17(16)21-19(22)25/h6-7,10H,3-5,8-9H2,1-2H3,(H,20,23)(H,21,25). The fourth-order valence-corrected chi connectivity index (χ4v) is 4.66. The predicted octanol–water partition coefficient (Wildman–Crippen LogP) is 2.01. The van der Waals surface area contributed by atoms with Gasteiger partial charge in [0.2, 0.25) is 5.43 Å². The van der Waals surface area contributed by atoms with E-state index in [-0.39, 0.29) is 23.3 Å². The molecule has 0 aliphatic heterocycles. The van der Waals surface area contributed by atoms with Crippen LogP contribution in [0.3, 0.4) is 0 Å². The van der Waals surface area contributed by atoms with Gasteiger partial charge in [0.05, 0.1) is 18.5 Å². The van der Waals surface area contributed by atoms with Crippen LogP contribution in [0.25, 0.3) is 10.2 Å². The summed E-state index contributed by atoms with van der Waals surface area (Å²) in [5, 5.41) is 0.617. The summed E-state index contributed by atoms with van der Waals surface area (Å²) in [6.07, 6.45) is 4.36. The van der Waals surface area contributed by atoms with Crippen LogP contribution in [-0.4, -0.2) is 21.1 Å². The van der Waals surface area contributed by atoms with Crippen molar-refractivity contribution in [3.8, 4) is 5.75 Å². The molecule has 3 aromatic rings. The molecule has 0 unspecified atom stereocenters. The molecule has 4 rings (SSSR count). The molecule has 0 saturated carbocycles. The number of fused-ring (bicyclic) bond motifs is 3. The number of aromatic amines is 2. The van der Waals surface area contributed by atoms with Crippen molar-refractivity contribution >= 4 is 21.6 Å². The van der Waals surface area contributed by atoms with Crippen LogP contribution in [0.1, 0.15) is 36.4 Å². The van der Waals surface area contributed by atoms with Crippen LogP contribution < -0.4 is 21.4 Å². The third-order valence-electron chi connectivity index (χ3n) is 4.68. The van der Waals surface area contributed by atoms with E-state index >= 15 is 0 Å². The molecule has 0 spiro atoms. The number of rotatable bonds is 5. The first-order valence-corrected chi connectivity index (χ1v) is 9.87. The van der Waals surface area contributed by atoms with E-state index in [1.807, 2.05) is 13.8 Å². The van der Waals surface area contributed by atoms with Crippen molar-refractivity contribution in [3.05, 3.63) is 59.5 Å². The molecule has 3 heterocycles. The summed E-state index contributed by atoms with van der Waals surface area (Å²) in [6.45, 7) is 4.45. The zero-order valence-corrected chi connectivity index (χ0v) is 16.1. The lowest BCUT2D eigenvalue weighted by molar-refractivity contribution is 0.267. The van der Waals surface area contributed by atoms with Gasteiger partial charge >= 0.3 is 5.69 Å². The molecule has 8 heteroatoms. The quantitative estimate of drug-likeness (QED) is 0.700. The van der Waals surface area contributed by atoms with Crippen molar-refractivity contribution in [3.63, 3.8) is 0 Å². The number of H-pyrrole nitrogens is 2.